The molecular weight excluding hydrogens is 514 g/mol. The van der Waals surface area contributed by atoms with Gasteiger partial charge < -0.3 is 19.4 Å². The van der Waals surface area contributed by atoms with Crippen molar-refractivity contribution in [1.29, 1.82) is 0 Å². The van der Waals surface area contributed by atoms with E-state index in [9.17, 15) is 18.0 Å². The summed E-state index contributed by atoms with van der Waals surface area (Å²) in [6, 6.07) is 13.1. The number of rotatable bonds is 6. The molecule has 5 nitrogen and oxygen atoms in total. The summed E-state index contributed by atoms with van der Waals surface area (Å²) in [7, 11) is -0.864. The molecule has 3 rings (SSSR count). The van der Waals surface area contributed by atoms with Gasteiger partial charge in [-0.05, 0) is 56.4 Å². The number of amides is 1. The van der Waals surface area contributed by atoms with Crippen LogP contribution < -0.4 is 5.32 Å². The lowest BCUT2D eigenvalue weighted by atomic mass is 9.77. The number of alkyl halides is 3. The van der Waals surface area contributed by atoms with Crippen LogP contribution in [0.15, 0.2) is 58.5 Å². The molecule has 0 spiro atoms. The van der Waals surface area contributed by atoms with Gasteiger partial charge in [-0.25, -0.2) is 4.79 Å². The topological polar surface area (TPSA) is 56.8 Å². The average molecular weight is 540 g/mol. The minimum atomic E-state index is -4.52. The van der Waals surface area contributed by atoms with E-state index >= 15 is 0 Å². The molecule has 1 N–H and O–H groups in total. The van der Waals surface area contributed by atoms with E-state index in [-0.39, 0.29) is 17.6 Å². The zero-order valence-corrected chi connectivity index (χ0v) is 20.9. The van der Waals surface area contributed by atoms with Crippen LogP contribution in [-0.2, 0) is 26.8 Å². The van der Waals surface area contributed by atoms with E-state index in [0.29, 0.717) is 11.0 Å². The van der Waals surface area contributed by atoms with Crippen molar-refractivity contribution in [2.75, 3.05) is 6.54 Å². The molecule has 0 saturated carbocycles. The molecule has 1 aliphatic heterocycles. The van der Waals surface area contributed by atoms with Crippen molar-refractivity contribution < 1.29 is 32.0 Å². The minimum Gasteiger partial charge on any atom is -0.445 e. The van der Waals surface area contributed by atoms with Gasteiger partial charge in [0.05, 0.1) is 16.8 Å². The molecule has 1 heterocycles. The predicted molar refractivity (Wildman–Crippen MR) is 128 cm³/mol. The van der Waals surface area contributed by atoms with Gasteiger partial charge in [0.25, 0.3) is 0 Å². The summed E-state index contributed by atoms with van der Waals surface area (Å²) in [5.74, 6) is 0. The lowest BCUT2D eigenvalue weighted by molar-refractivity contribution is -0.138. The summed E-state index contributed by atoms with van der Waals surface area (Å²) >= 11 is 2.95. The maximum Gasteiger partial charge on any atom is 0.492 e. The Balaban J connectivity index is 1.81. The fourth-order valence-electron chi connectivity index (χ4n) is 3.21. The van der Waals surface area contributed by atoms with Gasteiger partial charge in [-0.1, -0.05) is 58.4 Å². The zero-order chi connectivity index (χ0) is 25.1. The van der Waals surface area contributed by atoms with E-state index < -0.39 is 36.2 Å². The summed E-state index contributed by atoms with van der Waals surface area (Å²) in [6.07, 6.45) is -3.66. The summed E-state index contributed by atoms with van der Waals surface area (Å²) in [5.41, 5.74) is -0.563. The lowest BCUT2D eigenvalue weighted by Crippen LogP contribution is -2.41. The normalized spacial score (nSPS) is 17.5. The molecule has 1 amide bonds. The van der Waals surface area contributed by atoms with E-state index in [4.69, 9.17) is 14.0 Å². The predicted octanol–water partition coefficient (Wildman–Crippen LogP) is 6.41. The minimum absolute atomic E-state index is 0.0398. The van der Waals surface area contributed by atoms with E-state index in [1.807, 2.05) is 58.0 Å². The average Bonchev–Trinajstić information content (AvgIpc) is 2.97. The van der Waals surface area contributed by atoms with Gasteiger partial charge in [-0.2, -0.15) is 13.2 Å². The molecule has 0 unspecified atom stereocenters. The number of carbonyl (C=O) groups is 1. The van der Waals surface area contributed by atoms with Gasteiger partial charge in [-0.15, -0.1) is 0 Å². The van der Waals surface area contributed by atoms with Crippen LogP contribution in [-0.4, -0.2) is 31.0 Å². The number of carbonyl (C=O) groups excluding carboxylic acids is 1. The van der Waals surface area contributed by atoms with Crippen LogP contribution in [0.25, 0.3) is 6.08 Å². The SMILES string of the molecule is CC1(C)OB(C(=Cc2ccc(Br)c(C(F)(F)F)c2)CNC(=O)OCc2ccccc2)OC1(C)C. The lowest BCUT2D eigenvalue weighted by Gasteiger charge is -2.32. The fourth-order valence-corrected chi connectivity index (χ4v) is 3.68. The van der Waals surface area contributed by atoms with E-state index in [2.05, 4.69) is 21.2 Å². The van der Waals surface area contributed by atoms with Gasteiger partial charge in [0, 0.05) is 11.0 Å². The van der Waals surface area contributed by atoms with Crippen LogP contribution in [0.4, 0.5) is 18.0 Å². The third-order valence-corrected chi connectivity index (χ3v) is 6.54. The Bertz CT molecular complexity index is 1040. The molecule has 0 radical (unpaired) electrons. The summed E-state index contributed by atoms with van der Waals surface area (Å²) in [4.78, 5) is 12.3. The monoisotopic (exact) mass is 539 g/mol. The van der Waals surface area contributed by atoms with Crippen molar-refractivity contribution in [2.45, 2.75) is 51.7 Å². The van der Waals surface area contributed by atoms with Crippen LogP contribution in [0.3, 0.4) is 0 Å². The van der Waals surface area contributed by atoms with Gasteiger partial charge in [-0.3, -0.25) is 0 Å². The van der Waals surface area contributed by atoms with Crippen molar-refractivity contribution in [3.63, 3.8) is 0 Å². The molecule has 0 atom stereocenters. The molecule has 0 bridgehead atoms. The second-order valence-electron chi connectivity index (χ2n) is 8.96. The van der Waals surface area contributed by atoms with Crippen molar-refractivity contribution in [1.82, 2.24) is 5.32 Å². The standard InChI is InChI=1S/C24H26BBrF3NO4/c1-22(2)23(3,4)34-25(33-22)18(12-17-10-11-20(26)19(13-17)24(27,28)29)14-30-21(31)32-15-16-8-6-5-7-9-16/h5-13H,14-15H2,1-4H3,(H,30,31). The highest BCUT2D eigenvalue weighted by atomic mass is 79.9. The van der Waals surface area contributed by atoms with E-state index in [1.54, 1.807) is 0 Å². The number of ether oxygens (including phenoxy) is 1. The van der Waals surface area contributed by atoms with Crippen LogP contribution >= 0.6 is 15.9 Å². The van der Waals surface area contributed by atoms with Crippen LogP contribution in [0.1, 0.15) is 44.4 Å². The van der Waals surface area contributed by atoms with Crippen LogP contribution in [0.2, 0.25) is 0 Å². The molecule has 2 aromatic rings. The maximum absolute atomic E-state index is 13.4. The second-order valence-corrected chi connectivity index (χ2v) is 9.81. The quantitative estimate of drug-likeness (QED) is 0.431. The first-order chi connectivity index (χ1) is 15.8. The number of halogens is 4. The molecular formula is C24H26BBrF3NO4. The molecule has 1 fully saturated rings. The van der Waals surface area contributed by atoms with Crippen molar-refractivity contribution >= 4 is 35.2 Å². The fraction of sp³-hybridized carbons (Fsp3) is 0.375. The maximum atomic E-state index is 13.4. The van der Waals surface area contributed by atoms with Gasteiger partial charge in [0.2, 0.25) is 0 Å². The highest BCUT2D eigenvalue weighted by Crippen LogP contribution is 2.39. The number of nitrogens with one attached hydrogen (secondary N) is 1. The highest BCUT2D eigenvalue weighted by Gasteiger charge is 2.52. The van der Waals surface area contributed by atoms with Crippen molar-refractivity contribution in [2.24, 2.45) is 0 Å². The summed E-state index contributed by atoms with van der Waals surface area (Å²) < 4.78 is 57.4. The molecule has 34 heavy (non-hydrogen) atoms. The zero-order valence-electron chi connectivity index (χ0n) is 19.3. The highest BCUT2D eigenvalue weighted by molar-refractivity contribution is 9.10. The first-order valence-corrected chi connectivity index (χ1v) is 11.5. The number of hydrogen-bond acceptors (Lipinski definition) is 4. The Morgan fingerprint density at radius 1 is 1.09 bits per heavy atom. The molecule has 0 aromatic heterocycles. The molecule has 10 heteroatoms. The summed E-state index contributed by atoms with van der Waals surface area (Å²) in [5, 5.41) is 2.64. The van der Waals surface area contributed by atoms with E-state index in [0.717, 1.165) is 11.6 Å². The first kappa shape index (κ1) is 26.3. The second kappa shape index (κ2) is 10.1. The Morgan fingerprint density at radius 3 is 2.29 bits per heavy atom. The molecule has 1 saturated heterocycles. The van der Waals surface area contributed by atoms with Crippen molar-refractivity contribution in [3.8, 4) is 0 Å². The molecule has 2 aromatic carbocycles. The van der Waals surface area contributed by atoms with Gasteiger partial charge in [0.15, 0.2) is 0 Å². The van der Waals surface area contributed by atoms with Crippen LogP contribution in [0.5, 0.6) is 0 Å². The number of benzene rings is 2. The van der Waals surface area contributed by atoms with E-state index in [1.165, 1.54) is 18.2 Å². The Labute approximate surface area is 205 Å². The Morgan fingerprint density at radius 2 is 1.71 bits per heavy atom. The van der Waals surface area contributed by atoms with Crippen LogP contribution in [0, 0.1) is 0 Å². The first-order valence-electron chi connectivity index (χ1n) is 10.7. The molecule has 0 aliphatic carbocycles. The molecule has 182 valence electrons. The smallest absolute Gasteiger partial charge is 0.445 e. The number of alkyl carbamates (subject to hydrolysis) is 1. The van der Waals surface area contributed by atoms with Crippen molar-refractivity contribution in [3.05, 3.63) is 75.2 Å². The largest absolute Gasteiger partial charge is 0.492 e. The molecule has 1 aliphatic rings. The third kappa shape index (κ3) is 6.43. The Hall–Kier alpha value is -2.30. The third-order valence-electron chi connectivity index (χ3n) is 5.85. The Kier molecular flexibility index (Phi) is 7.84. The van der Waals surface area contributed by atoms with Gasteiger partial charge >= 0.3 is 19.4 Å². The number of hydrogen-bond donors (Lipinski definition) is 1. The summed E-state index contributed by atoms with van der Waals surface area (Å²) in [6.45, 7) is 7.52. The van der Waals surface area contributed by atoms with Gasteiger partial charge in [0.1, 0.15) is 6.61 Å².